The second kappa shape index (κ2) is 10.4. The zero-order valence-corrected chi connectivity index (χ0v) is 19.9. The average molecular weight is 503 g/mol. The molecule has 1 aliphatic heterocycles. The number of rotatable bonds is 9. The van der Waals surface area contributed by atoms with Crippen LogP contribution >= 0.6 is 23.4 Å². The number of amides is 1. The summed E-state index contributed by atoms with van der Waals surface area (Å²) >= 11 is 7.40. The second-order valence-corrected chi connectivity index (χ2v) is 9.57. The highest BCUT2D eigenvalue weighted by Gasteiger charge is 2.28. The van der Waals surface area contributed by atoms with E-state index in [1.165, 1.54) is 6.92 Å². The molecule has 4 rings (SSSR count). The Bertz CT molecular complexity index is 1240. The summed E-state index contributed by atoms with van der Waals surface area (Å²) in [6.07, 6.45) is 2.08. The van der Waals surface area contributed by atoms with E-state index in [4.69, 9.17) is 21.1 Å². The van der Waals surface area contributed by atoms with Crippen molar-refractivity contribution in [3.05, 3.63) is 58.7 Å². The summed E-state index contributed by atoms with van der Waals surface area (Å²) in [5.41, 5.74) is 2.33. The minimum atomic E-state index is -1.14. The van der Waals surface area contributed by atoms with Gasteiger partial charge in [-0.05, 0) is 29.7 Å². The summed E-state index contributed by atoms with van der Waals surface area (Å²) in [5, 5.41) is 13.6. The van der Waals surface area contributed by atoms with E-state index in [2.05, 4.69) is 10.3 Å². The van der Waals surface area contributed by atoms with Gasteiger partial charge in [0.2, 0.25) is 12.7 Å². The number of carboxylic acid groups (broad SMARTS) is 1. The van der Waals surface area contributed by atoms with E-state index in [1.54, 1.807) is 18.3 Å². The normalized spacial score (nSPS) is 14.1. The molecule has 0 aliphatic carbocycles. The Labute approximate surface area is 205 Å². The zero-order valence-electron chi connectivity index (χ0n) is 18.3. The highest BCUT2D eigenvalue weighted by atomic mass is 35.5. The maximum Gasteiger partial charge on any atom is 0.326 e. The topological polar surface area (TPSA) is 118 Å². The van der Waals surface area contributed by atoms with Crippen LogP contribution in [0.4, 0.5) is 0 Å². The number of carbonyl (C=O) groups is 3. The first-order valence-electron chi connectivity index (χ1n) is 10.6. The Balaban J connectivity index is 1.52. The van der Waals surface area contributed by atoms with Crippen LogP contribution in [-0.4, -0.2) is 45.7 Å². The van der Waals surface area contributed by atoms with Gasteiger partial charge in [0.25, 0.3) is 0 Å². The van der Waals surface area contributed by atoms with Crippen LogP contribution in [0.1, 0.15) is 18.1 Å². The van der Waals surface area contributed by atoms with Gasteiger partial charge in [-0.25, -0.2) is 4.79 Å². The predicted octanol–water partition coefficient (Wildman–Crippen LogP) is 3.80. The largest absolute Gasteiger partial charge is 0.480 e. The minimum absolute atomic E-state index is 0.0906. The maximum absolute atomic E-state index is 13.2. The second-order valence-electron chi connectivity index (χ2n) is 7.96. The molecular weight excluding hydrogens is 480 g/mol. The lowest BCUT2D eigenvalue weighted by Gasteiger charge is -2.20. The van der Waals surface area contributed by atoms with E-state index in [-0.39, 0.29) is 30.5 Å². The Morgan fingerprint density at radius 1 is 1.15 bits per heavy atom. The number of hydrogen-bond acceptors (Lipinski definition) is 6. The molecule has 2 heterocycles. The van der Waals surface area contributed by atoms with Crippen molar-refractivity contribution in [3.8, 4) is 11.5 Å². The minimum Gasteiger partial charge on any atom is -0.480 e. The number of para-hydroxylation sites is 1. The van der Waals surface area contributed by atoms with E-state index in [0.717, 1.165) is 28.2 Å². The van der Waals surface area contributed by atoms with Gasteiger partial charge in [-0.1, -0.05) is 41.6 Å². The molecule has 0 radical (unpaired) electrons. The number of carbonyl (C=O) groups excluding carboxylic acids is 2. The molecule has 10 heteroatoms. The lowest BCUT2D eigenvalue weighted by molar-refractivity contribution is -0.142. The summed E-state index contributed by atoms with van der Waals surface area (Å²) in [6.45, 7) is 1.51. The van der Waals surface area contributed by atoms with Gasteiger partial charge in [0, 0.05) is 47.3 Å². The van der Waals surface area contributed by atoms with Crippen molar-refractivity contribution in [1.82, 2.24) is 10.3 Å². The van der Waals surface area contributed by atoms with Crippen molar-refractivity contribution in [2.45, 2.75) is 25.8 Å². The van der Waals surface area contributed by atoms with E-state index in [9.17, 15) is 19.5 Å². The molecule has 8 nitrogen and oxygen atoms in total. The fraction of sp³-hybridized carbons (Fsp3) is 0.292. The fourth-order valence-electron chi connectivity index (χ4n) is 3.84. The number of H-pyrrole nitrogens is 1. The molecule has 0 spiro atoms. The standard InChI is InChI=1S/C24H23ClN2O6S/c1-13(28)34-11-16(6-14-8-21-22(9-18(14)25)33-12-32-21)23(29)27-20(24(30)31)7-15-10-26-19-5-3-2-4-17(15)19/h2-5,8-10,16,20,26H,6-7,11-12H2,1H3,(H,27,29)(H,30,31)/t16?,20-/m0/s1. The molecule has 0 saturated carbocycles. The Hall–Kier alpha value is -3.17. The molecule has 34 heavy (non-hydrogen) atoms. The first-order valence-corrected chi connectivity index (χ1v) is 12.0. The SMILES string of the molecule is CC(=O)SCC(Cc1cc2c(cc1Cl)OCO2)C(=O)N[C@@H](Cc1c[nH]c2ccccc12)C(=O)O. The van der Waals surface area contributed by atoms with Gasteiger partial charge < -0.3 is 24.9 Å². The fourth-order valence-corrected chi connectivity index (χ4v) is 4.77. The van der Waals surface area contributed by atoms with E-state index >= 15 is 0 Å². The number of aliphatic carboxylic acids is 1. The number of hydrogen-bond donors (Lipinski definition) is 3. The lowest BCUT2D eigenvalue weighted by atomic mass is 9.98. The molecule has 0 fully saturated rings. The summed E-state index contributed by atoms with van der Waals surface area (Å²) in [4.78, 5) is 39.9. The molecule has 0 saturated heterocycles. The molecule has 0 bridgehead atoms. The van der Waals surface area contributed by atoms with Crippen LogP contribution in [0.3, 0.4) is 0 Å². The van der Waals surface area contributed by atoms with Gasteiger partial charge in [0.1, 0.15) is 6.04 Å². The Morgan fingerprint density at radius 2 is 1.88 bits per heavy atom. The molecule has 2 atom stereocenters. The number of ether oxygens (including phenoxy) is 2. The highest BCUT2D eigenvalue weighted by Crippen LogP contribution is 2.37. The van der Waals surface area contributed by atoms with Crippen molar-refractivity contribution in [3.63, 3.8) is 0 Å². The van der Waals surface area contributed by atoms with Crippen molar-refractivity contribution in [2.24, 2.45) is 5.92 Å². The van der Waals surface area contributed by atoms with Crippen molar-refractivity contribution in [2.75, 3.05) is 12.5 Å². The Kier molecular flexibility index (Phi) is 7.33. The molecule has 1 unspecified atom stereocenters. The van der Waals surface area contributed by atoms with Gasteiger partial charge >= 0.3 is 5.97 Å². The van der Waals surface area contributed by atoms with Gasteiger partial charge in [0.15, 0.2) is 16.6 Å². The van der Waals surface area contributed by atoms with E-state index in [1.807, 2.05) is 24.3 Å². The number of halogens is 1. The van der Waals surface area contributed by atoms with Crippen molar-refractivity contribution < 1.29 is 29.0 Å². The first kappa shape index (κ1) is 24.0. The van der Waals surface area contributed by atoms with Crippen molar-refractivity contribution >= 4 is 51.3 Å². The molecule has 3 N–H and O–H groups in total. The van der Waals surface area contributed by atoms with E-state index < -0.39 is 23.8 Å². The van der Waals surface area contributed by atoms with Crippen LogP contribution in [0.5, 0.6) is 11.5 Å². The smallest absolute Gasteiger partial charge is 0.326 e. The summed E-state index contributed by atoms with van der Waals surface area (Å²) in [7, 11) is 0. The maximum atomic E-state index is 13.2. The molecular formula is C24H23ClN2O6S. The van der Waals surface area contributed by atoms with Crippen molar-refractivity contribution in [1.29, 1.82) is 0 Å². The first-order chi connectivity index (χ1) is 16.3. The molecule has 1 aromatic heterocycles. The number of fused-ring (bicyclic) bond motifs is 2. The summed E-state index contributed by atoms with van der Waals surface area (Å²) in [5.74, 6) is -1.05. The van der Waals surface area contributed by atoms with Crippen LogP contribution in [0.25, 0.3) is 10.9 Å². The average Bonchev–Trinajstić information content (AvgIpc) is 3.42. The van der Waals surface area contributed by atoms with Gasteiger partial charge in [-0.2, -0.15) is 0 Å². The van der Waals surface area contributed by atoms with Crippen LogP contribution in [0, 0.1) is 5.92 Å². The number of aromatic amines is 1. The van der Waals surface area contributed by atoms with Gasteiger partial charge in [-0.15, -0.1) is 0 Å². The third-order valence-corrected chi connectivity index (χ3v) is 6.91. The lowest BCUT2D eigenvalue weighted by Crippen LogP contribution is -2.46. The number of nitrogens with one attached hydrogen (secondary N) is 2. The summed E-state index contributed by atoms with van der Waals surface area (Å²) < 4.78 is 10.7. The summed E-state index contributed by atoms with van der Waals surface area (Å²) in [6, 6.07) is 9.76. The number of thioether (sulfide) groups is 1. The van der Waals surface area contributed by atoms with Gasteiger partial charge in [-0.3, -0.25) is 9.59 Å². The quantitative estimate of drug-likeness (QED) is 0.407. The third-order valence-electron chi connectivity index (χ3n) is 5.58. The third kappa shape index (κ3) is 5.48. The molecule has 1 aliphatic rings. The van der Waals surface area contributed by atoms with Crippen LogP contribution in [0.15, 0.2) is 42.6 Å². The Morgan fingerprint density at radius 3 is 2.62 bits per heavy atom. The van der Waals surface area contributed by atoms with Crippen LogP contribution in [-0.2, 0) is 27.2 Å². The highest BCUT2D eigenvalue weighted by molar-refractivity contribution is 8.13. The number of benzene rings is 2. The van der Waals surface area contributed by atoms with Gasteiger partial charge in [0.05, 0.1) is 5.92 Å². The van der Waals surface area contributed by atoms with E-state index in [0.29, 0.717) is 22.1 Å². The predicted molar refractivity (Wildman–Crippen MR) is 129 cm³/mol. The number of carboxylic acids is 1. The molecule has 1 amide bonds. The molecule has 3 aromatic rings. The molecule has 178 valence electrons. The van der Waals surface area contributed by atoms with Crippen LogP contribution < -0.4 is 14.8 Å². The number of aromatic nitrogens is 1. The monoisotopic (exact) mass is 502 g/mol. The zero-order chi connectivity index (χ0) is 24.2. The van der Waals surface area contributed by atoms with Crippen LogP contribution in [0.2, 0.25) is 5.02 Å². The molecule has 2 aromatic carbocycles.